The number of carbonyl (C=O) groups is 4. The van der Waals surface area contributed by atoms with Crippen LogP contribution in [0.3, 0.4) is 0 Å². The number of benzene rings is 3. The molecule has 7 N–H and O–H groups in total. The van der Waals surface area contributed by atoms with E-state index in [1.807, 2.05) is 29.2 Å². The number of ketones is 1. The van der Waals surface area contributed by atoms with Crippen LogP contribution in [0.15, 0.2) is 65.5 Å². The number of aromatic hydroxyl groups is 3. The van der Waals surface area contributed by atoms with Gasteiger partial charge in [-0.15, -0.1) is 0 Å². The number of hydrogen-bond acceptors (Lipinski definition) is 17. The summed E-state index contributed by atoms with van der Waals surface area (Å²) in [6.45, 7) is 14.8. The highest BCUT2D eigenvalue weighted by Crippen LogP contribution is 2.55. The maximum atomic E-state index is 14.6. The van der Waals surface area contributed by atoms with E-state index >= 15 is 0 Å². The highest BCUT2D eigenvalue weighted by atomic mass is 16.7. The van der Waals surface area contributed by atoms with Crippen molar-refractivity contribution in [3.63, 3.8) is 0 Å². The number of phenolic OH excluding ortho intramolecular Hbond substituents is 3. The van der Waals surface area contributed by atoms with E-state index in [-0.39, 0.29) is 39.9 Å². The minimum absolute atomic E-state index is 0.00456. The van der Waals surface area contributed by atoms with Gasteiger partial charge in [0.1, 0.15) is 29.1 Å². The number of fused-ring (bicyclic) bond motifs is 14. The van der Waals surface area contributed by atoms with E-state index < -0.39 is 106 Å². The van der Waals surface area contributed by atoms with Gasteiger partial charge in [-0.1, -0.05) is 45.9 Å². The molecule has 4 aliphatic heterocycles. The van der Waals surface area contributed by atoms with Crippen LogP contribution in [0.5, 0.6) is 28.7 Å². The lowest BCUT2D eigenvalue weighted by molar-refractivity contribution is -0.160. The van der Waals surface area contributed by atoms with Gasteiger partial charge in [-0.3, -0.25) is 24.1 Å². The van der Waals surface area contributed by atoms with Gasteiger partial charge >= 0.3 is 11.8 Å². The molecule has 0 saturated carbocycles. The molecule has 1 fully saturated rings. The average Bonchev–Trinajstić information content (AvgIpc) is 3.60. The van der Waals surface area contributed by atoms with E-state index in [0.29, 0.717) is 26.2 Å². The van der Waals surface area contributed by atoms with Crippen LogP contribution in [-0.2, 0) is 28.6 Å². The zero-order chi connectivity index (χ0) is 51.4. The van der Waals surface area contributed by atoms with Crippen LogP contribution < -0.4 is 25.1 Å². The van der Waals surface area contributed by atoms with Crippen LogP contribution in [0, 0.1) is 30.6 Å². The quantitative estimate of drug-likeness (QED) is 0.0513. The molecule has 2 amide bonds. The van der Waals surface area contributed by atoms with E-state index in [1.54, 1.807) is 47.0 Å². The molecule has 0 aliphatic carbocycles. The molecule has 1 saturated heterocycles. The first kappa shape index (κ1) is 52.7. The third kappa shape index (κ3) is 10.9. The minimum atomic E-state index is -2.12. The Balaban J connectivity index is 1.38. The van der Waals surface area contributed by atoms with E-state index in [2.05, 4.69) is 20.7 Å². The number of ether oxygens (including phenoxy) is 5. The molecule has 7 rings (SSSR count). The van der Waals surface area contributed by atoms with Crippen molar-refractivity contribution < 1.29 is 68.4 Å². The maximum Gasteiger partial charge on any atom is 0.312 e. The molecular weight excluding hydrogens is 907 g/mol. The molecule has 19 heteroatoms. The molecule has 0 aromatic heterocycles. The number of allylic oxidation sites excluding steroid dienone is 2. The SMILES string of the molecule is COc1ccc(N2CCN(CC(=O)NN=Cc3c4c(O)c5c(O)c(C)c6c(c5c3O)C(=O)[C@@](C)(O/C=C/[C@H](OC)[C@@H](C)[C@@H](OC(C)=O)[C@H](C)[C@H](O)[C@H](C)[C@@H](O)[C@H](C)/C=C/C=C(/C)C(=O)N4)O6)CC2)cc1. The van der Waals surface area contributed by atoms with E-state index in [9.17, 15) is 44.7 Å². The van der Waals surface area contributed by atoms with Gasteiger partial charge in [0.05, 0.1) is 66.6 Å². The van der Waals surface area contributed by atoms with Crippen LogP contribution in [0.25, 0.3) is 10.8 Å². The smallest absolute Gasteiger partial charge is 0.312 e. The van der Waals surface area contributed by atoms with Crippen molar-refractivity contribution >= 4 is 51.9 Å². The lowest BCUT2D eigenvalue weighted by atomic mass is 9.78. The molecule has 3 aromatic carbocycles. The number of carbonyl (C=O) groups excluding carboxylic acids is 4. The van der Waals surface area contributed by atoms with Gasteiger partial charge in [0.2, 0.25) is 0 Å². The van der Waals surface area contributed by atoms with E-state index in [1.165, 1.54) is 53.2 Å². The molecule has 3 aromatic rings. The van der Waals surface area contributed by atoms with Gasteiger partial charge in [0.15, 0.2) is 5.75 Å². The van der Waals surface area contributed by atoms with Gasteiger partial charge in [-0.2, -0.15) is 5.10 Å². The Hall–Kier alpha value is -6.67. The van der Waals surface area contributed by atoms with Crippen molar-refractivity contribution in [2.75, 3.05) is 57.2 Å². The molecule has 378 valence electrons. The first-order chi connectivity index (χ1) is 33.1. The third-order valence-corrected chi connectivity index (χ3v) is 13.6. The van der Waals surface area contributed by atoms with Gasteiger partial charge in [0, 0.05) is 93.0 Å². The monoisotopic (exact) mass is 971 g/mol. The second kappa shape index (κ2) is 22.0. The number of anilines is 2. The Morgan fingerprint density at radius 2 is 1.59 bits per heavy atom. The number of Topliss-reactive ketones (excluding diaryl/α,β-unsaturated/α-hetero) is 1. The number of hydrazone groups is 1. The number of aliphatic hydroxyl groups is 2. The lowest BCUT2D eigenvalue weighted by Gasteiger charge is -2.38. The number of hydrogen-bond donors (Lipinski definition) is 7. The largest absolute Gasteiger partial charge is 0.507 e. The predicted molar refractivity (Wildman–Crippen MR) is 261 cm³/mol. The zero-order valence-electron chi connectivity index (χ0n) is 41.2. The fraction of sp³-hybridized carbons (Fsp3) is 0.471. The topological polar surface area (TPSA) is 258 Å². The van der Waals surface area contributed by atoms with Gasteiger partial charge in [-0.05, 0) is 44.2 Å². The fourth-order valence-corrected chi connectivity index (χ4v) is 9.24. The Labute approximate surface area is 407 Å². The lowest BCUT2D eigenvalue weighted by Crippen LogP contribution is -2.49. The molecule has 70 heavy (non-hydrogen) atoms. The molecular formula is C51H65N5O14. The number of nitrogens with one attached hydrogen (secondary N) is 2. The number of amides is 2. The van der Waals surface area contributed by atoms with Crippen LogP contribution in [0.4, 0.5) is 11.4 Å². The number of phenols is 3. The Morgan fingerprint density at radius 3 is 2.21 bits per heavy atom. The number of piperazine rings is 1. The Bertz CT molecular complexity index is 2590. The Morgan fingerprint density at radius 1 is 0.914 bits per heavy atom. The summed E-state index contributed by atoms with van der Waals surface area (Å²) in [4.78, 5) is 58.2. The summed E-state index contributed by atoms with van der Waals surface area (Å²) in [7, 11) is 3.02. The summed E-state index contributed by atoms with van der Waals surface area (Å²) >= 11 is 0. The third-order valence-electron chi connectivity index (χ3n) is 13.6. The van der Waals surface area contributed by atoms with Crippen molar-refractivity contribution in [2.24, 2.45) is 28.8 Å². The zero-order valence-corrected chi connectivity index (χ0v) is 41.2. The fourth-order valence-electron chi connectivity index (χ4n) is 9.24. The first-order valence-corrected chi connectivity index (χ1v) is 23.1. The van der Waals surface area contributed by atoms with Crippen molar-refractivity contribution in [2.45, 2.75) is 85.6 Å². The van der Waals surface area contributed by atoms with E-state index in [4.69, 9.17) is 23.7 Å². The van der Waals surface area contributed by atoms with Crippen molar-refractivity contribution in [3.05, 3.63) is 77.1 Å². The highest BCUT2D eigenvalue weighted by molar-refractivity contribution is 6.24. The van der Waals surface area contributed by atoms with Crippen LogP contribution in [0.1, 0.15) is 70.0 Å². The Kier molecular flexibility index (Phi) is 16.5. The number of aliphatic hydroxyl groups excluding tert-OH is 2. The standard InChI is InChI=1S/C51H65N5O14/c1-26-12-11-13-27(2)50(65)53-41-35(24-52-54-37(58)25-55-19-21-56(22-20-55)33-14-16-34(66-9)17-15-33)45(62)38-39(46(41)63)44(61)31(6)48-40(38)49(64)51(8,70-48)68-23-18-36(67-10)28(3)47(69-32(7)57)30(5)43(60)29(4)42(26)59/h11-18,23-24,26,28-30,36,42-43,47,59-63H,19-22,25H2,1-10H3,(H,53,65)(H,54,58)/b12-11+,23-18+,27-13-,52-24?/t26-,28-,29-,30-,36+,42+,43-,47-,51+/m1/s1. The average molecular weight is 972 g/mol. The van der Waals surface area contributed by atoms with Crippen LogP contribution in [-0.4, -0.2) is 137 Å². The molecule has 0 spiro atoms. The van der Waals surface area contributed by atoms with Crippen molar-refractivity contribution in [1.29, 1.82) is 0 Å². The number of esters is 1. The second-order valence-electron chi connectivity index (χ2n) is 18.4. The highest BCUT2D eigenvalue weighted by Gasteiger charge is 2.50. The van der Waals surface area contributed by atoms with Gasteiger partial charge in [-0.25, -0.2) is 5.43 Å². The molecule has 4 aliphatic rings. The number of rotatable bonds is 8. The summed E-state index contributed by atoms with van der Waals surface area (Å²) in [5, 5.41) is 64.8. The molecule has 0 unspecified atom stereocenters. The summed E-state index contributed by atoms with van der Waals surface area (Å²) in [6.07, 6.45) is 4.24. The maximum absolute atomic E-state index is 14.6. The summed E-state index contributed by atoms with van der Waals surface area (Å²) in [5.74, 6) is -8.91. The first-order valence-electron chi connectivity index (χ1n) is 23.1. The number of nitrogens with zero attached hydrogens (tertiary/aromatic N) is 3. The van der Waals surface area contributed by atoms with Gasteiger partial charge < -0.3 is 59.4 Å². The molecule has 0 radical (unpaired) electrons. The normalized spacial score (nSPS) is 28.7. The second-order valence-corrected chi connectivity index (χ2v) is 18.4. The van der Waals surface area contributed by atoms with Gasteiger partial charge in [0.25, 0.3) is 17.6 Å². The van der Waals surface area contributed by atoms with Crippen LogP contribution in [0.2, 0.25) is 0 Å². The molecule has 4 heterocycles. The minimum Gasteiger partial charge on any atom is -0.507 e. The molecule has 9 atom stereocenters. The number of methoxy groups -OCH3 is 2. The van der Waals surface area contributed by atoms with E-state index in [0.717, 1.165) is 17.7 Å². The summed E-state index contributed by atoms with van der Waals surface area (Å²) in [6, 6.07) is 7.71. The molecule has 19 nitrogen and oxygen atoms in total. The summed E-state index contributed by atoms with van der Waals surface area (Å²) < 4.78 is 28.9. The van der Waals surface area contributed by atoms with Crippen LogP contribution >= 0.6 is 0 Å². The van der Waals surface area contributed by atoms with Crippen molar-refractivity contribution in [3.8, 4) is 28.7 Å². The molecule has 5 bridgehead atoms. The predicted octanol–water partition coefficient (Wildman–Crippen LogP) is 5.04. The summed E-state index contributed by atoms with van der Waals surface area (Å²) in [5.41, 5.74) is 2.55. The van der Waals surface area contributed by atoms with Crippen molar-refractivity contribution in [1.82, 2.24) is 10.3 Å².